The largest absolute Gasteiger partial charge is 0.467 e. The highest BCUT2D eigenvalue weighted by Gasteiger charge is 2.28. The van der Waals surface area contributed by atoms with Crippen molar-refractivity contribution in [2.45, 2.75) is 51.6 Å². The van der Waals surface area contributed by atoms with Gasteiger partial charge in [-0.2, -0.15) is 0 Å². The second kappa shape index (κ2) is 7.27. The fraction of sp³-hybridized carbons (Fsp3) is 0.529. The number of carbonyl (C=O) groups is 1. The molecule has 0 saturated heterocycles. The van der Waals surface area contributed by atoms with E-state index in [0.29, 0.717) is 23.7 Å². The molecule has 0 bridgehead atoms. The Hall–Kier alpha value is -1.66. The van der Waals surface area contributed by atoms with Gasteiger partial charge >= 0.3 is 0 Å². The Labute approximate surface area is 140 Å². The summed E-state index contributed by atoms with van der Waals surface area (Å²) in [5.41, 5.74) is 1.08. The van der Waals surface area contributed by atoms with Gasteiger partial charge in [0, 0.05) is 4.88 Å². The molecule has 1 N–H and O–H groups in total. The number of amides is 1. The molecule has 1 amide bonds. The van der Waals surface area contributed by atoms with Crippen molar-refractivity contribution in [1.29, 1.82) is 0 Å². The zero-order valence-corrected chi connectivity index (χ0v) is 14.1. The number of nitrogens with zero attached hydrogens (tertiary/aromatic N) is 2. The number of furan rings is 1. The first kappa shape index (κ1) is 16.2. The molecule has 0 saturated carbocycles. The lowest BCUT2D eigenvalue weighted by molar-refractivity contribution is 0.0544. The third kappa shape index (κ3) is 3.48. The zero-order valence-electron chi connectivity index (χ0n) is 13.3. The average Bonchev–Trinajstić information content (AvgIpc) is 3.23. The Morgan fingerprint density at radius 2 is 2.30 bits per heavy atom. The lowest BCUT2D eigenvalue weighted by Gasteiger charge is -2.28. The van der Waals surface area contributed by atoms with Crippen molar-refractivity contribution in [2.24, 2.45) is 0 Å². The van der Waals surface area contributed by atoms with Crippen LogP contribution in [-0.4, -0.2) is 33.5 Å². The Balaban J connectivity index is 1.85. The van der Waals surface area contributed by atoms with Gasteiger partial charge in [-0.25, -0.2) is 4.98 Å². The van der Waals surface area contributed by atoms with E-state index in [-0.39, 0.29) is 18.6 Å². The van der Waals surface area contributed by atoms with Crippen LogP contribution in [0.5, 0.6) is 0 Å². The lowest BCUT2D eigenvalue weighted by atomic mass is 10.0. The molecule has 2 aromatic heterocycles. The SMILES string of the molecule is CC[C@@H](CO)N(Cc1ccco1)C(=O)c1nc2c(s1)CCCC2. The van der Waals surface area contributed by atoms with Gasteiger partial charge in [-0.05, 0) is 44.2 Å². The summed E-state index contributed by atoms with van der Waals surface area (Å²) in [6.07, 6.45) is 6.60. The summed E-state index contributed by atoms with van der Waals surface area (Å²) in [5, 5.41) is 10.2. The Bertz CT molecular complexity index is 623. The molecule has 124 valence electrons. The first-order valence-electron chi connectivity index (χ1n) is 8.15. The van der Waals surface area contributed by atoms with E-state index in [1.54, 1.807) is 17.2 Å². The van der Waals surface area contributed by atoms with E-state index < -0.39 is 0 Å². The molecule has 1 aliphatic carbocycles. The minimum atomic E-state index is -0.228. The number of aryl methyl sites for hydroxylation is 2. The maximum Gasteiger partial charge on any atom is 0.283 e. The van der Waals surface area contributed by atoms with Crippen LogP contribution in [-0.2, 0) is 19.4 Å². The molecule has 0 fully saturated rings. The molecule has 3 rings (SSSR count). The van der Waals surface area contributed by atoms with E-state index in [2.05, 4.69) is 4.98 Å². The van der Waals surface area contributed by atoms with E-state index in [0.717, 1.165) is 25.0 Å². The Morgan fingerprint density at radius 3 is 2.96 bits per heavy atom. The van der Waals surface area contributed by atoms with E-state index >= 15 is 0 Å². The van der Waals surface area contributed by atoms with Gasteiger partial charge in [0.05, 0.1) is 31.2 Å². The van der Waals surface area contributed by atoms with Crippen LogP contribution in [0, 0.1) is 0 Å². The molecule has 0 aliphatic heterocycles. The summed E-state index contributed by atoms with van der Waals surface area (Å²) >= 11 is 1.51. The number of aliphatic hydroxyl groups excluding tert-OH is 1. The van der Waals surface area contributed by atoms with Crippen LogP contribution in [0.4, 0.5) is 0 Å². The quantitative estimate of drug-likeness (QED) is 0.882. The molecule has 0 radical (unpaired) electrons. The normalized spacial score (nSPS) is 15.2. The molecule has 0 spiro atoms. The van der Waals surface area contributed by atoms with Gasteiger partial charge in [-0.1, -0.05) is 6.92 Å². The van der Waals surface area contributed by atoms with Crippen molar-refractivity contribution in [3.63, 3.8) is 0 Å². The third-order valence-electron chi connectivity index (χ3n) is 4.32. The zero-order chi connectivity index (χ0) is 16.2. The smallest absolute Gasteiger partial charge is 0.283 e. The maximum absolute atomic E-state index is 13.0. The molecule has 5 nitrogen and oxygen atoms in total. The highest BCUT2D eigenvalue weighted by atomic mass is 32.1. The third-order valence-corrected chi connectivity index (χ3v) is 5.46. The van der Waals surface area contributed by atoms with Crippen LogP contribution in [0.2, 0.25) is 0 Å². The fourth-order valence-electron chi connectivity index (χ4n) is 2.95. The van der Waals surface area contributed by atoms with Gasteiger partial charge in [-0.15, -0.1) is 11.3 Å². The van der Waals surface area contributed by atoms with Gasteiger partial charge in [0.2, 0.25) is 0 Å². The second-order valence-electron chi connectivity index (χ2n) is 5.85. The van der Waals surface area contributed by atoms with Crippen LogP contribution in [0.3, 0.4) is 0 Å². The number of fused-ring (bicyclic) bond motifs is 1. The number of hydrogen-bond donors (Lipinski definition) is 1. The summed E-state index contributed by atoms with van der Waals surface area (Å²) in [6, 6.07) is 3.42. The predicted octanol–water partition coefficient (Wildman–Crippen LogP) is 3.03. The average molecular weight is 334 g/mol. The minimum Gasteiger partial charge on any atom is -0.467 e. The van der Waals surface area contributed by atoms with Crippen LogP contribution in [0.1, 0.15) is 52.3 Å². The number of rotatable bonds is 6. The van der Waals surface area contributed by atoms with Gasteiger partial charge in [0.15, 0.2) is 5.01 Å². The van der Waals surface area contributed by atoms with Gasteiger partial charge < -0.3 is 14.4 Å². The van der Waals surface area contributed by atoms with Crippen LogP contribution in [0.25, 0.3) is 0 Å². The van der Waals surface area contributed by atoms with Gasteiger partial charge in [0.1, 0.15) is 5.76 Å². The standard InChI is InChI=1S/C17H22N2O3S/c1-2-12(11-20)19(10-13-6-5-9-22-13)17(21)16-18-14-7-3-4-8-15(14)23-16/h5-6,9,12,20H,2-4,7-8,10-11H2,1H3/t12-/m0/s1. The van der Waals surface area contributed by atoms with Crippen molar-refractivity contribution in [3.8, 4) is 0 Å². The van der Waals surface area contributed by atoms with Crippen molar-refractivity contribution in [1.82, 2.24) is 9.88 Å². The summed E-state index contributed by atoms with van der Waals surface area (Å²) in [7, 11) is 0. The first-order chi connectivity index (χ1) is 11.2. The van der Waals surface area contributed by atoms with Gasteiger partial charge in [-0.3, -0.25) is 4.79 Å². The van der Waals surface area contributed by atoms with E-state index in [1.165, 1.54) is 22.6 Å². The number of thiazole rings is 1. The van der Waals surface area contributed by atoms with E-state index in [1.807, 2.05) is 13.0 Å². The monoisotopic (exact) mass is 334 g/mol. The number of hydrogen-bond acceptors (Lipinski definition) is 5. The number of aliphatic hydroxyl groups is 1. The highest BCUT2D eigenvalue weighted by Crippen LogP contribution is 2.28. The molecule has 0 unspecified atom stereocenters. The molecule has 0 aromatic carbocycles. The molecular weight excluding hydrogens is 312 g/mol. The van der Waals surface area contributed by atoms with E-state index in [9.17, 15) is 9.90 Å². The highest BCUT2D eigenvalue weighted by molar-refractivity contribution is 7.13. The molecule has 23 heavy (non-hydrogen) atoms. The second-order valence-corrected chi connectivity index (χ2v) is 6.94. The molecule has 2 aromatic rings. The fourth-order valence-corrected chi connectivity index (χ4v) is 4.06. The molecular formula is C17H22N2O3S. The van der Waals surface area contributed by atoms with Crippen molar-refractivity contribution >= 4 is 17.2 Å². The summed E-state index contributed by atoms with van der Waals surface area (Å²) in [5.74, 6) is 0.605. The van der Waals surface area contributed by atoms with Crippen molar-refractivity contribution in [2.75, 3.05) is 6.61 Å². The molecule has 6 heteroatoms. The van der Waals surface area contributed by atoms with Crippen LogP contribution >= 0.6 is 11.3 Å². The molecule has 2 heterocycles. The van der Waals surface area contributed by atoms with Crippen LogP contribution < -0.4 is 0 Å². The Morgan fingerprint density at radius 1 is 1.48 bits per heavy atom. The number of carbonyl (C=O) groups excluding carboxylic acids is 1. The minimum absolute atomic E-state index is 0.0615. The Kier molecular flexibility index (Phi) is 5.13. The molecule has 1 atom stereocenters. The predicted molar refractivity (Wildman–Crippen MR) is 88.5 cm³/mol. The van der Waals surface area contributed by atoms with Crippen molar-refractivity contribution in [3.05, 3.63) is 39.7 Å². The van der Waals surface area contributed by atoms with Crippen molar-refractivity contribution < 1.29 is 14.3 Å². The first-order valence-corrected chi connectivity index (χ1v) is 8.97. The van der Waals surface area contributed by atoms with E-state index in [4.69, 9.17) is 4.42 Å². The summed E-state index contributed by atoms with van der Waals surface area (Å²) in [4.78, 5) is 20.5. The number of aromatic nitrogens is 1. The summed E-state index contributed by atoms with van der Waals surface area (Å²) in [6.45, 7) is 2.26. The molecule has 1 aliphatic rings. The summed E-state index contributed by atoms with van der Waals surface area (Å²) < 4.78 is 5.38. The lowest BCUT2D eigenvalue weighted by Crippen LogP contribution is -2.41. The maximum atomic E-state index is 13.0. The topological polar surface area (TPSA) is 66.6 Å². The van der Waals surface area contributed by atoms with Crippen LogP contribution in [0.15, 0.2) is 22.8 Å². The van der Waals surface area contributed by atoms with Gasteiger partial charge in [0.25, 0.3) is 5.91 Å².